The Balaban J connectivity index is 1.93. The van der Waals surface area contributed by atoms with Crippen LogP contribution in [0.4, 0.5) is 11.5 Å². The number of hydrogen-bond donors (Lipinski definition) is 2. The molecule has 0 unspecified atom stereocenters. The molecule has 2 heterocycles. The van der Waals surface area contributed by atoms with Crippen molar-refractivity contribution in [3.05, 3.63) is 17.8 Å². The SMILES string of the molecule is CCOC(=O)c1cc(N)cnc1NCCN1CCCCC1. The topological polar surface area (TPSA) is 80.5 Å². The normalized spacial score (nSPS) is 15.7. The smallest absolute Gasteiger partial charge is 0.341 e. The number of nitrogen functional groups attached to an aromatic ring is 1. The van der Waals surface area contributed by atoms with Crippen molar-refractivity contribution in [1.82, 2.24) is 9.88 Å². The largest absolute Gasteiger partial charge is 0.462 e. The van der Waals surface area contributed by atoms with Gasteiger partial charge in [-0.1, -0.05) is 6.42 Å². The van der Waals surface area contributed by atoms with E-state index in [4.69, 9.17) is 10.5 Å². The predicted octanol–water partition coefficient (Wildman–Crippen LogP) is 1.74. The molecule has 0 saturated carbocycles. The quantitative estimate of drug-likeness (QED) is 0.777. The lowest BCUT2D eigenvalue weighted by Gasteiger charge is -2.26. The minimum absolute atomic E-state index is 0.334. The fourth-order valence-electron chi connectivity index (χ4n) is 2.50. The number of aromatic nitrogens is 1. The Kier molecular flexibility index (Phi) is 5.80. The second-order valence-corrected chi connectivity index (χ2v) is 5.21. The van der Waals surface area contributed by atoms with Crippen LogP contribution in [-0.2, 0) is 4.74 Å². The van der Waals surface area contributed by atoms with Crippen LogP contribution in [0.5, 0.6) is 0 Å². The van der Waals surface area contributed by atoms with E-state index in [-0.39, 0.29) is 0 Å². The van der Waals surface area contributed by atoms with Gasteiger partial charge in [0.05, 0.1) is 18.5 Å². The molecule has 0 aliphatic carbocycles. The van der Waals surface area contributed by atoms with Crippen molar-refractivity contribution in [1.29, 1.82) is 0 Å². The molecule has 21 heavy (non-hydrogen) atoms. The summed E-state index contributed by atoms with van der Waals surface area (Å²) in [6.45, 7) is 6.13. The highest BCUT2D eigenvalue weighted by Gasteiger charge is 2.15. The van der Waals surface area contributed by atoms with Crippen molar-refractivity contribution in [2.45, 2.75) is 26.2 Å². The van der Waals surface area contributed by atoms with Crippen LogP contribution in [0.15, 0.2) is 12.3 Å². The van der Waals surface area contributed by atoms with Gasteiger partial charge in [-0.05, 0) is 38.9 Å². The van der Waals surface area contributed by atoms with E-state index in [1.165, 1.54) is 19.3 Å². The lowest BCUT2D eigenvalue weighted by atomic mass is 10.1. The van der Waals surface area contributed by atoms with E-state index in [0.717, 1.165) is 26.2 Å². The number of nitrogens with two attached hydrogens (primary N) is 1. The summed E-state index contributed by atoms with van der Waals surface area (Å²) < 4.78 is 5.03. The van der Waals surface area contributed by atoms with Crippen molar-refractivity contribution in [2.24, 2.45) is 0 Å². The average molecular weight is 292 g/mol. The third-order valence-corrected chi connectivity index (χ3v) is 3.57. The van der Waals surface area contributed by atoms with Gasteiger partial charge in [-0.3, -0.25) is 0 Å². The minimum atomic E-state index is -0.391. The maximum Gasteiger partial charge on any atom is 0.341 e. The van der Waals surface area contributed by atoms with Gasteiger partial charge < -0.3 is 20.7 Å². The number of anilines is 2. The maximum absolute atomic E-state index is 11.9. The number of ether oxygens (including phenoxy) is 1. The van der Waals surface area contributed by atoms with Crippen LogP contribution in [-0.4, -0.2) is 48.6 Å². The van der Waals surface area contributed by atoms with E-state index >= 15 is 0 Å². The van der Waals surface area contributed by atoms with E-state index in [0.29, 0.717) is 23.7 Å². The number of likely N-dealkylation sites (tertiary alicyclic amines) is 1. The standard InChI is InChI=1S/C15H24N4O2/c1-2-21-15(20)13-10-12(16)11-18-14(13)17-6-9-19-7-4-3-5-8-19/h10-11H,2-9,16H2,1H3,(H,17,18). The van der Waals surface area contributed by atoms with E-state index in [1.54, 1.807) is 19.2 Å². The Hall–Kier alpha value is -1.82. The molecular weight excluding hydrogens is 268 g/mol. The summed E-state index contributed by atoms with van der Waals surface area (Å²) in [5.74, 6) is 0.150. The Morgan fingerprint density at radius 1 is 1.43 bits per heavy atom. The van der Waals surface area contributed by atoms with Gasteiger partial charge in [0.1, 0.15) is 11.4 Å². The highest BCUT2D eigenvalue weighted by atomic mass is 16.5. The molecule has 0 radical (unpaired) electrons. The lowest BCUT2D eigenvalue weighted by molar-refractivity contribution is 0.0527. The van der Waals surface area contributed by atoms with Crippen LogP contribution in [0.1, 0.15) is 36.5 Å². The van der Waals surface area contributed by atoms with Gasteiger partial charge in [0.25, 0.3) is 0 Å². The fraction of sp³-hybridized carbons (Fsp3) is 0.600. The molecule has 0 amide bonds. The monoisotopic (exact) mass is 292 g/mol. The molecular formula is C15H24N4O2. The van der Waals surface area contributed by atoms with E-state index in [1.807, 2.05) is 0 Å². The summed E-state index contributed by atoms with van der Waals surface area (Å²) in [5.41, 5.74) is 6.56. The van der Waals surface area contributed by atoms with Crippen molar-refractivity contribution in [2.75, 3.05) is 43.8 Å². The van der Waals surface area contributed by atoms with Crippen molar-refractivity contribution in [3.8, 4) is 0 Å². The zero-order chi connectivity index (χ0) is 15.1. The maximum atomic E-state index is 11.9. The second kappa shape index (κ2) is 7.83. The van der Waals surface area contributed by atoms with E-state index < -0.39 is 5.97 Å². The van der Waals surface area contributed by atoms with Crippen LogP contribution in [0, 0.1) is 0 Å². The number of nitrogens with one attached hydrogen (secondary N) is 1. The van der Waals surface area contributed by atoms with Gasteiger partial charge in [-0.15, -0.1) is 0 Å². The molecule has 6 nitrogen and oxygen atoms in total. The Morgan fingerprint density at radius 2 is 2.19 bits per heavy atom. The molecule has 1 aliphatic heterocycles. The van der Waals surface area contributed by atoms with Gasteiger partial charge in [-0.25, -0.2) is 9.78 Å². The van der Waals surface area contributed by atoms with Crippen LogP contribution >= 0.6 is 0 Å². The fourth-order valence-corrected chi connectivity index (χ4v) is 2.50. The second-order valence-electron chi connectivity index (χ2n) is 5.21. The van der Waals surface area contributed by atoms with Crippen molar-refractivity contribution >= 4 is 17.5 Å². The Bertz CT molecular complexity index is 473. The molecule has 3 N–H and O–H groups in total. The number of esters is 1. The summed E-state index contributed by atoms with van der Waals surface area (Å²) in [7, 11) is 0. The van der Waals surface area contributed by atoms with E-state index in [2.05, 4.69) is 15.2 Å². The molecule has 0 spiro atoms. The summed E-state index contributed by atoms with van der Waals surface area (Å²) in [4.78, 5) is 18.6. The zero-order valence-corrected chi connectivity index (χ0v) is 12.6. The molecule has 0 atom stereocenters. The van der Waals surface area contributed by atoms with Crippen LogP contribution in [0.2, 0.25) is 0 Å². The molecule has 116 valence electrons. The summed E-state index contributed by atoms with van der Waals surface area (Å²) in [6.07, 6.45) is 5.42. The molecule has 1 aromatic heterocycles. The van der Waals surface area contributed by atoms with Gasteiger partial charge in [0.15, 0.2) is 0 Å². The Morgan fingerprint density at radius 3 is 2.90 bits per heavy atom. The third-order valence-electron chi connectivity index (χ3n) is 3.57. The molecule has 1 saturated heterocycles. The predicted molar refractivity (Wildman–Crippen MR) is 83.4 cm³/mol. The van der Waals surface area contributed by atoms with Crippen molar-refractivity contribution in [3.63, 3.8) is 0 Å². The number of carbonyl (C=O) groups excluding carboxylic acids is 1. The summed E-state index contributed by atoms with van der Waals surface area (Å²) in [5, 5.41) is 3.22. The number of rotatable bonds is 6. The average Bonchev–Trinajstić information content (AvgIpc) is 2.50. The first kappa shape index (κ1) is 15.6. The molecule has 1 fully saturated rings. The van der Waals surface area contributed by atoms with Crippen LogP contribution in [0.3, 0.4) is 0 Å². The van der Waals surface area contributed by atoms with Gasteiger partial charge in [0.2, 0.25) is 0 Å². The minimum Gasteiger partial charge on any atom is -0.462 e. The molecule has 1 aromatic rings. The highest BCUT2D eigenvalue weighted by Crippen LogP contribution is 2.17. The highest BCUT2D eigenvalue weighted by molar-refractivity contribution is 5.95. The first-order valence-electron chi connectivity index (χ1n) is 7.59. The van der Waals surface area contributed by atoms with E-state index in [9.17, 15) is 4.79 Å². The van der Waals surface area contributed by atoms with Gasteiger partial charge in [-0.2, -0.15) is 0 Å². The first-order valence-corrected chi connectivity index (χ1v) is 7.59. The molecule has 6 heteroatoms. The first-order chi connectivity index (χ1) is 10.2. The number of hydrogen-bond acceptors (Lipinski definition) is 6. The molecule has 0 aromatic carbocycles. The zero-order valence-electron chi connectivity index (χ0n) is 12.6. The summed E-state index contributed by atoms with van der Waals surface area (Å²) in [6, 6.07) is 1.61. The number of nitrogens with zero attached hydrogens (tertiary/aromatic N) is 2. The van der Waals surface area contributed by atoms with Gasteiger partial charge >= 0.3 is 5.97 Å². The Labute approximate surface area is 125 Å². The van der Waals surface area contributed by atoms with Crippen LogP contribution < -0.4 is 11.1 Å². The third kappa shape index (κ3) is 4.60. The molecule has 2 rings (SSSR count). The van der Waals surface area contributed by atoms with Crippen LogP contribution in [0.25, 0.3) is 0 Å². The van der Waals surface area contributed by atoms with Gasteiger partial charge in [0, 0.05) is 13.1 Å². The van der Waals surface area contributed by atoms with Crippen molar-refractivity contribution < 1.29 is 9.53 Å². The lowest BCUT2D eigenvalue weighted by Crippen LogP contribution is -2.34. The molecule has 1 aliphatic rings. The summed E-state index contributed by atoms with van der Waals surface area (Å²) >= 11 is 0. The number of pyridine rings is 1. The number of piperidine rings is 1. The molecule has 0 bridgehead atoms. The number of carbonyl (C=O) groups is 1.